The van der Waals surface area contributed by atoms with Gasteiger partial charge in [0, 0.05) is 30.9 Å². The van der Waals surface area contributed by atoms with Crippen molar-refractivity contribution in [3.05, 3.63) is 63.9 Å². The smallest absolute Gasteiger partial charge is 0.117 e. The first-order valence-corrected chi connectivity index (χ1v) is 10.9. The van der Waals surface area contributed by atoms with Crippen LogP contribution in [0.4, 0.5) is 0 Å². The molecular weight excluding hydrogens is 382 g/mol. The number of hydrogen-bond acceptors (Lipinski definition) is 3. The number of rotatable bonds is 4. The molecule has 0 atom stereocenters. The molecule has 1 saturated carbocycles. The van der Waals surface area contributed by atoms with E-state index in [4.69, 9.17) is 16.3 Å². The maximum absolute atomic E-state index is 11.3. The Hall–Kier alpha value is -1.81. The van der Waals surface area contributed by atoms with Crippen LogP contribution < -0.4 is 5.32 Å². The minimum atomic E-state index is -0.269. The number of nitrogens with one attached hydrogen (secondary N) is 1. The zero-order chi connectivity index (χ0) is 20.6. The predicted octanol–water partition coefficient (Wildman–Crippen LogP) is 6.07. The maximum atomic E-state index is 11.3. The average Bonchev–Trinajstić information content (AvgIpc) is 3.01. The van der Waals surface area contributed by atoms with Gasteiger partial charge in [0.15, 0.2) is 0 Å². The molecule has 0 aromatic heterocycles. The molecule has 2 aromatic rings. The van der Waals surface area contributed by atoms with Crippen LogP contribution in [-0.2, 0) is 4.74 Å². The van der Waals surface area contributed by atoms with E-state index in [-0.39, 0.29) is 5.54 Å². The summed E-state index contributed by atoms with van der Waals surface area (Å²) in [6.45, 7) is 5.82. The summed E-state index contributed by atoms with van der Waals surface area (Å²) in [5, 5.41) is 15.8. The Morgan fingerprint density at radius 1 is 1.10 bits per heavy atom. The lowest BCUT2D eigenvalue weighted by Gasteiger charge is -2.37. The number of aliphatic hydroxyl groups is 1. The standard InChI is InChI=1S/C25H30ClNO2/c1-16-4-9-21(19-5-7-20(26)8-6-19)17(2)23(16)22-14-27-25(24(22)28)12-10-18(11-13-25)15-29-3/h4-9,18,27-28H,10-15H2,1-3H3. The second-order valence-electron chi connectivity index (χ2n) is 8.60. The highest BCUT2D eigenvalue weighted by Crippen LogP contribution is 2.44. The van der Waals surface area contributed by atoms with Crippen molar-refractivity contribution in [2.24, 2.45) is 5.92 Å². The van der Waals surface area contributed by atoms with Crippen molar-refractivity contribution in [2.45, 2.75) is 45.1 Å². The molecule has 1 aliphatic carbocycles. The predicted molar refractivity (Wildman–Crippen MR) is 120 cm³/mol. The minimum Gasteiger partial charge on any atom is -0.510 e. The quantitative estimate of drug-likeness (QED) is 0.641. The van der Waals surface area contributed by atoms with Gasteiger partial charge in [-0.1, -0.05) is 35.9 Å². The van der Waals surface area contributed by atoms with E-state index in [2.05, 4.69) is 43.4 Å². The molecular formula is C25H30ClNO2. The molecule has 154 valence electrons. The zero-order valence-electron chi connectivity index (χ0n) is 17.5. The summed E-state index contributed by atoms with van der Waals surface area (Å²) in [6, 6.07) is 12.3. The lowest BCUT2D eigenvalue weighted by atomic mass is 9.75. The minimum absolute atomic E-state index is 0.269. The van der Waals surface area contributed by atoms with Crippen molar-refractivity contribution < 1.29 is 9.84 Å². The SMILES string of the molecule is COCC1CCC2(CC1)NCC(c1c(C)ccc(-c3ccc(Cl)cc3)c1C)=C2O. The molecule has 0 amide bonds. The van der Waals surface area contributed by atoms with E-state index in [1.165, 1.54) is 22.3 Å². The van der Waals surface area contributed by atoms with Crippen LogP contribution in [-0.4, -0.2) is 30.9 Å². The molecule has 0 bridgehead atoms. The fourth-order valence-electron chi connectivity index (χ4n) is 5.16. The van der Waals surface area contributed by atoms with Gasteiger partial charge in [0.05, 0.1) is 5.54 Å². The number of hydrogen-bond donors (Lipinski definition) is 2. The normalized spacial score (nSPS) is 24.5. The highest BCUT2D eigenvalue weighted by atomic mass is 35.5. The summed E-state index contributed by atoms with van der Waals surface area (Å²) in [7, 11) is 1.77. The second-order valence-corrected chi connectivity index (χ2v) is 9.03. The fourth-order valence-corrected chi connectivity index (χ4v) is 5.29. The monoisotopic (exact) mass is 411 g/mol. The van der Waals surface area contributed by atoms with Gasteiger partial charge in [-0.05, 0) is 85.4 Å². The van der Waals surface area contributed by atoms with Crippen LogP contribution in [0.2, 0.25) is 5.02 Å². The van der Waals surface area contributed by atoms with Gasteiger partial charge in [0.2, 0.25) is 0 Å². The maximum Gasteiger partial charge on any atom is 0.117 e. The largest absolute Gasteiger partial charge is 0.510 e. The Bertz CT molecular complexity index is 925. The van der Waals surface area contributed by atoms with Crippen molar-refractivity contribution in [1.29, 1.82) is 0 Å². The van der Waals surface area contributed by atoms with Gasteiger partial charge in [0.25, 0.3) is 0 Å². The third-order valence-electron chi connectivity index (χ3n) is 6.83. The number of aryl methyl sites for hydroxylation is 1. The van der Waals surface area contributed by atoms with Crippen molar-refractivity contribution in [1.82, 2.24) is 5.32 Å². The molecule has 1 aliphatic heterocycles. The molecule has 4 rings (SSSR count). The Morgan fingerprint density at radius 2 is 1.79 bits per heavy atom. The second kappa shape index (κ2) is 8.14. The summed E-state index contributed by atoms with van der Waals surface area (Å²) in [5.41, 5.74) is 6.71. The molecule has 3 nitrogen and oxygen atoms in total. The van der Waals surface area contributed by atoms with E-state index in [0.717, 1.165) is 48.4 Å². The van der Waals surface area contributed by atoms with Crippen LogP contribution in [0.25, 0.3) is 16.7 Å². The fraction of sp³-hybridized carbons (Fsp3) is 0.440. The molecule has 1 fully saturated rings. The van der Waals surface area contributed by atoms with Gasteiger partial charge in [-0.25, -0.2) is 0 Å². The first kappa shape index (κ1) is 20.5. The molecule has 2 aliphatic rings. The first-order chi connectivity index (χ1) is 13.9. The summed E-state index contributed by atoms with van der Waals surface area (Å²) in [4.78, 5) is 0. The van der Waals surface area contributed by atoms with E-state index >= 15 is 0 Å². The van der Waals surface area contributed by atoms with Gasteiger partial charge < -0.3 is 15.2 Å². The van der Waals surface area contributed by atoms with Crippen LogP contribution in [0, 0.1) is 19.8 Å². The van der Waals surface area contributed by atoms with E-state index in [1.807, 2.05) is 12.1 Å². The van der Waals surface area contributed by atoms with E-state index in [1.54, 1.807) is 7.11 Å². The molecule has 0 saturated heterocycles. The zero-order valence-corrected chi connectivity index (χ0v) is 18.3. The summed E-state index contributed by atoms with van der Waals surface area (Å²) in [5.74, 6) is 1.15. The number of benzene rings is 2. The van der Waals surface area contributed by atoms with Crippen LogP contribution in [0.15, 0.2) is 42.2 Å². The number of halogens is 1. The van der Waals surface area contributed by atoms with E-state index in [9.17, 15) is 5.11 Å². The van der Waals surface area contributed by atoms with Gasteiger partial charge in [0.1, 0.15) is 5.76 Å². The summed E-state index contributed by atoms with van der Waals surface area (Å²) < 4.78 is 5.34. The molecule has 2 aromatic carbocycles. The lowest BCUT2D eigenvalue weighted by molar-refractivity contribution is 0.102. The number of ether oxygens (including phenoxy) is 1. The number of methoxy groups -OCH3 is 1. The van der Waals surface area contributed by atoms with Gasteiger partial charge in [-0.2, -0.15) is 0 Å². The van der Waals surface area contributed by atoms with Crippen LogP contribution in [0.1, 0.15) is 42.4 Å². The van der Waals surface area contributed by atoms with Gasteiger partial charge in [-0.3, -0.25) is 0 Å². The molecule has 4 heteroatoms. The first-order valence-electron chi connectivity index (χ1n) is 10.5. The van der Waals surface area contributed by atoms with Crippen LogP contribution in [0.5, 0.6) is 0 Å². The van der Waals surface area contributed by atoms with E-state index < -0.39 is 0 Å². The Balaban J connectivity index is 1.70. The lowest BCUT2D eigenvalue weighted by Crippen LogP contribution is -2.46. The number of aliphatic hydroxyl groups excluding tert-OH is 1. The van der Waals surface area contributed by atoms with Crippen molar-refractivity contribution in [3.63, 3.8) is 0 Å². The highest BCUT2D eigenvalue weighted by molar-refractivity contribution is 6.30. The molecule has 1 spiro atoms. The van der Waals surface area contributed by atoms with Gasteiger partial charge >= 0.3 is 0 Å². The molecule has 0 radical (unpaired) electrons. The third kappa shape index (κ3) is 3.72. The van der Waals surface area contributed by atoms with E-state index in [0.29, 0.717) is 18.2 Å². The molecule has 0 unspecified atom stereocenters. The third-order valence-corrected chi connectivity index (χ3v) is 7.09. The molecule has 1 heterocycles. The summed E-state index contributed by atoms with van der Waals surface area (Å²) in [6.07, 6.45) is 4.10. The van der Waals surface area contributed by atoms with Crippen molar-refractivity contribution in [3.8, 4) is 11.1 Å². The average molecular weight is 412 g/mol. The van der Waals surface area contributed by atoms with Crippen LogP contribution >= 0.6 is 11.6 Å². The summed E-state index contributed by atoms with van der Waals surface area (Å²) >= 11 is 6.07. The Morgan fingerprint density at radius 3 is 2.45 bits per heavy atom. The topological polar surface area (TPSA) is 41.5 Å². The molecule has 29 heavy (non-hydrogen) atoms. The van der Waals surface area contributed by atoms with Crippen molar-refractivity contribution in [2.75, 3.05) is 20.3 Å². The Labute approximate surface area is 178 Å². The van der Waals surface area contributed by atoms with Crippen molar-refractivity contribution >= 4 is 17.2 Å². The van der Waals surface area contributed by atoms with Crippen LogP contribution in [0.3, 0.4) is 0 Å². The highest BCUT2D eigenvalue weighted by Gasteiger charge is 2.44. The Kier molecular flexibility index (Phi) is 5.74. The van der Waals surface area contributed by atoms with Gasteiger partial charge in [-0.15, -0.1) is 0 Å². The molecule has 2 N–H and O–H groups in total.